The molecule has 102 valence electrons. The van der Waals surface area contributed by atoms with Gasteiger partial charge in [-0.25, -0.2) is 0 Å². The molecule has 6 heteroatoms. The Hall–Kier alpha value is -1.11. The Kier molecular flexibility index (Phi) is 4.24. The fourth-order valence-electron chi connectivity index (χ4n) is 1.67. The van der Waals surface area contributed by atoms with Crippen LogP contribution in [0.1, 0.15) is 18.1 Å². The number of thiophene rings is 1. The molecule has 0 N–H and O–H groups in total. The number of aromatic nitrogens is 2. The summed E-state index contributed by atoms with van der Waals surface area (Å²) in [6.45, 7) is 2.07. The third-order valence-electron chi connectivity index (χ3n) is 2.66. The molecule has 2 aromatic heterocycles. The summed E-state index contributed by atoms with van der Waals surface area (Å²) >= 11 is 6.74. The van der Waals surface area contributed by atoms with E-state index in [1.165, 1.54) is 4.90 Å². The molecule has 1 atom stereocenters. The molecule has 0 aliphatic heterocycles. The lowest BCUT2D eigenvalue weighted by atomic mass is 10.4. The van der Waals surface area contributed by atoms with Gasteiger partial charge in [0.05, 0.1) is 10.1 Å². The summed E-state index contributed by atoms with van der Waals surface area (Å²) in [5.74, 6) is 1.32. The number of nitrogens with zero attached hydrogens (tertiary/aromatic N) is 2. The lowest BCUT2D eigenvalue weighted by Gasteiger charge is -2.05. The summed E-state index contributed by atoms with van der Waals surface area (Å²) in [5.41, 5.74) is 0. The average molecular weight is 367 g/mol. The summed E-state index contributed by atoms with van der Waals surface area (Å²) in [6, 6.07) is 12.2. The maximum Gasteiger partial charge on any atom is 0.240 e. The van der Waals surface area contributed by atoms with E-state index >= 15 is 0 Å². The van der Waals surface area contributed by atoms with Crippen molar-refractivity contribution in [2.45, 2.75) is 17.1 Å². The smallest absolute Gasteiger partial charge is 0.240 e. The van der Waals surface area contributed by atoms with E-state index in [0.29, 0.717) is 11.7 Å². The van der Waals surface area contributed by atoms with Gasteiger partial charge in [0.25, 0.3) is 0 Å². The monoisotopic (exact) mass is 366 g/mol. The van der Waals surface area contributed by atoms with Crippen LogP contribution in [0.25, 0.3) is 10.7 Å². The van der Waals surface area contributed by atoms with Crippen LogP contribution in [0, 0.1) is 0 Å². The van der Waals surface area contributed by atoms with Crippen LogP contribution in [0.5, 0.6) is 0 Å². The van der Waals surface area contributed by atoms with E-state index in [9.17, 15) is 0 Å². The van der Waals surface area contributed by atoms with Crippen molar-refractivity contribution in [1.82, 2.24) is 10.1 Å². The van der Waals surface area contributed by atoms with Gasteiger partial charge in [0.1, 0.15) is 0 Å². The highest BCUT2D eigenvalue weighted by atomic mass is 79.9. The van der Waals surface area contributed by atoms with Crippen LogP contribution >= 0.6 is 39.0 Å². The van der Waals surface area contributed by atoms with Gasteiger partial charge in [-0.05, 0) is 42.6 Å². The largest absolute Gasteiger partial charge is 0.338 e. The van der Waals surface area contributed by atoms with Crippen molar-refractivity contribution in [2.24, 2.45) is 0 Å². The molecule has 3 rings (SSSR count). The van der Waals surface area contributed by atoms with Crippen molar-refractivity contribution in [3.05, 3.63) is 52.1 Å². The predicted molar refractivity (Wildman–Crippen MR) is 86.0 cm³/mol. The number of thioether (sulfide) groups is 1. The molecular formula is C14H11BrN2OS2. The van der Waals surface area contributed by atoms with Gasteiger partial charge in [0, 0.05) is 9.37 Å². The molecule has 0 bridgehead atoms. The first kappa shape index (κ1) is 13.9. The lowest BCUT2D eigenvalue weighted by molar-refractivity contribution is 0.381. The van der Waals surface area contributed by atoms with Gasteiger partial charge in [-0.1, -0.05) is 27.2 Å². The van der Waals surface area contributed by atoms with Crippen LogP contribution in [-0.4, -0.2) is 10.1 Å². The van der Waals surface area contributed by atoms with Crippen molar-refractivity contribution < 1.29 is 4.52 Å². The molecule has 2 heterocycles. The fourth-order valence-corrected chi connectivity index (χ4v) is 3.49. The fraction of sp³-hybridized carbons (Fsp3) is 0.143. The molecule has 0 aliphatic carbocycles. The molecule has 0 amide bonds. The maximum absolute atomic E-state index is 5.36. The van der Waals surface area contributed by atoms with Crippen LogP contribution in [0.3, 0.4) is 0 Å². The number of rotatable bonds is 4. The summed E-state index contributed by atoms with van der Waals surface area (Å²) in [4.78, 5) is 6.67. The molecule has 0 saturated heterocycles. The van der Waals surface area contributed by atoms with Gasteiger partial charge in [-0.15, -0.1) is 23.1 Å². The van der Waals surface area contributed by atoms with Crippen LogP contribution in [0.4, 0.5) is 0 Å². The highest BCUT2D eigenvalue weighted by Gasteiger charge is 2.16. The van der Waals surface area contributed by atoms with Gasteiger partial charge in [-0.3, -0.25) is 0 Å². The number of hydrogen-bond donors (Lipinski definition) is 0. The lowest BCUT2D eigenvalue weighted by Crippen LogP contribution is -1.88. The molecule has 0 unspecified atom stereocenters. The SMILES string of the molecule is C[C@H](Sc1ccc(Br)cc1)c1nc(-c2cccs2)no1. The summed E-state index contributed by atoms with van der Waals surface area (Å²) in [7, 11) is 0. The van der Waals surface area contributed by atoms with E-state index in [4.69, 9.17) is 4.52 Å². The minimum Gasteiger partial charge on any atom is -0.338 e. The minimum atomic E-state index is 0.123. The number of benzene rings is 1. The average Bonchev–Trinajstić information content (AvgIpc) is 3.11. The minimum absolute atomic E-state index is 0.123. The molecule has 0 aliphatic rings. The third-order valence-corrected chi connectivity index (χ3v) is 5.15. The highest BCUT2D eigenvalue weighted by Crippen LogP contribution is 2.35. The normalized spacial score (nSPS) is 12.5. The van der Waals surface area contributed by atoms with Crippen LogP contribution in [0.2, 0.25) is 0 Å². The number of hydrogen-bond acceptors (Lipinski definition) is 5. The van der Waals surface area contributed by atoms with Crippen molar-refractivity contribution >= 4 is 39.0 Å². The molecule has 20 heavy (non-hydrogen) atoms. The summed E-state index contributed by atoms with van der Waals surface area (Å²) in [6.07, 6.45) is 0. The van der Waals surface area contributed by atoms with E-state index < -0.39 is 0 Å². The molecular weight excluding hydrogens is 356 g/mol. The summed E-state index contributed by atoms with van der Waals surface area (Å²) in [5, 5.41) is 6.17. The Labute approximate surface area is 133 Å². The maximum atomic E-state index is 5.36. The van der Waals surface area contributed by atoms with Crippen molar-refractivity contribution in [3.8, 4) is 10.7 Å². The van der Waals surface area contributed by atoms with Crippen molar-refractivity contribution in [3.63, 3.8) is 0 Å². The Bertz CT molecular complexity index is 680. The molecule has 0 saturated carbocycles. The summed E-state index contributed by atoms with van der Waals surface area (Å²) < 4.78 is 6.44. The Morgan fingerprint density at radius 2 is 2.05 bits per heavy atom. The predicted octanol–water partition coefficient (Wildman–Crippen LogP) is 5.41. The standard InChI is InChI=1S/C14H11BrN2OS2/c1-9(20-11-6-4-10(15)5-7-11)14-16-13(17-18-14)12-3-2-8-19-12/h2-9H,1H3/t9-/m0/s1. The second-order valence-corrected chi connectivity index (χ2v) is 7.43. The second-order valence-electron chi connectivity index (χ2n) is 4.15. The molecule has 3 aromatic rings. The van der Waals surface area contributed by atoms with E-state index in [1.54, 1.807) is 23.1 Å². The van der Waals surface area contributed by atoms with E-state index in [2.05, 4.69) is 45.1 Å². The van der Waals surface area contributed by atoms with E-state index in [0.717, 1.165) is 9.35 Å². The van der Waals surface area contributed by atoms with Crippen LogP contribution in [-0.2, 0) is 0 Å². The highest BCUT2D eigenvalue weighted by molar-refractivity contribution is 9.10. The molecule has 0 fully saturated rings. The quantitative estimate of drug-likeness (QED) is 0.578. The van der Waals surface area contributed by atoms with E-state index in [1.807, 2.05) is 29.6 Å². The first-order valence-corrected chi connectivity index (χ1v) is 8.57. The topological polar surface area (TPSA) is 38.9 Å². The van der Waals surface area contributed by atoms with Gasteiger partial charge in [-0.2, -0.15) is 4.98 Å². The Morgan fingerprint density at radius 1 is 1.25 bits per heavy atom. The zero-order valence-corrected chi connectivity index (χ0v) is 13.8. The number of halogens is 1. The van der Waals surface area contributed by atoms with Crippen LogP contribution in [0.15, 0.2) is 55.7 Å². The van der Waals surface area contributed by atoms with Gasteiger partial charge >= 0.3 is 0 Å². The van der Waals surface area contributed by atoms with Gasteiger partial charge < -0.3 is 4.52 Å². The second kappa shape index (κ2) is 6.11. The third kappa shape index (κ3) is 3.13. The van der Waals surface area contributed by atoms with Gasteiger partial charge in [0.2, 0.25) is 11.7 Å². The van der Waals surface area contributed by atoms with Crippen molar-refractivity contribution in [2.75, 3.05) is 0 Å². The van der Waals surface area contributed by atoms with E-state index in [-0.39, 0.29) is 5.25 Å². The van der Waals surface area contributed by atoms with Crippen LogP contribution < -0.4 is 0 Å². The molecule has 0 radical (unpaired) electrons. The van der Waals surface area contributed by atoms with Crippen molar-refractivity contribution in [1.29, 1.82) is 0 Å². The molecule has 1 aromatic carbocycles. The van der Waals surface area contributed by atoms with Gasteiger partial charge in [0.15, 0.2) is 0 Å². The zero-order valence-electron chi connectivity index (χ0n) is 10.6. The Morgan fingerprint density at radius 3 is 2.75 bits per heavy atom. The Balaban J connectivity index is 1.74. The first-order chi connectivity index (χ1) is 9.72. The molecule has 3 nitrogen and oxygen atoms in total. The zero-order chi connectivity index (χ0) is 13.9. The first-order valence-electron chi connectivity index (χ1n) is 6.02. The molecule has 0 spiro atoms.